The van der Waals surface area contributed by atoms with Gasteiger partial charge in [0.25, 0.3) is 5.91 Å². The fourth-order valence-corrected chi connectivity index (χ4v) is 3.25. The van der Waals surface area contributed by atoms with Crippen LogP contribution in [-0.2, 0) is 12.7 Å². The predicted octanol–water partition coefficient (Wildman–Crippen LogP) is 4.12. The Kier molecular flexibility index (Phi) is 4.56. The molecule has 0 fully saturated rings. The molecule has 0 saturated carbocycles. The average Bonchev–Trinajstić information content (AvgIpc) is 3.22. The van der Waals surface area contributed by atoms with Gasteiger partial charge in [-0.2, -0.15) is 18.3 Å². The molecular formula is C19H13F5N4O. The highest BCUT2D eigenvalue weighted by atomic mass is 19.4. The number of carbonyl (C=O) groups excluding carboxylic acids is 1. The topological polar surface area (TPSA) is 59.8 Å². The van der Waals surface area contributed by atoms with Gasteiger partial charge in [0.1, 0.15) is 17.3 Å². The van der Waals surface area contributed by atoms with Gasteiger partial charge in [0.05, 0.1) is 17.4 Å². The van der Waals surface area contributed by atoms with Crippen LogP contribution in [0.5, 0.6) is 0 Å². The maximum absolute atomic E-state index is 13.3. The van der Waals surface area contributed by atoms with E-state index >= 15 is 0 Å². The molecule has 150 valence electrons. The van der Waals surface area contributed by atoms with E-state index < -0.39 is 35.5 Å². The summed E-state index contributed by atoms with van der Waals surface area (Å²) >= 11 is 0. The summed E-state index contributed by atoms with van der Waals surface area (Å²) in [5, 5.41) is 6.97. The van der Waals surface area contributed by atoms with Crippen LogP contribution in [0.4, 0.5) is 22.0 Å². The summed E-state index contributed by atoms with van der Waals surface area (Å²) in [6.45, 7) is 0.439. The molecule has 1 atom stereocenters. The number of alkyl halides is 3. The Balaban J connectivity index is 1.57. The van der Waals surface area contributed by atoms with Crippen molar-refractivity contribution < 1.29 is 26.7 Å². The average molecular weight is 408 g/mol. The molecule has 10 heteroatoms. The van der Waals surface area contributed by atoms with Crippen molar-refractivity contribution in [1.29, 1.82) is 0 Å². The molecule has 1 aliphatic heterocycles. The lowest BCUT2D eigenvalue weighted by Crippen LogP contribution is -2.27. The molecule has 1 amide bonds. The van der Waals surface area contributed by atoms with E-state index in [9.17, 15) is 26.7 Å². The monoisotopic (exact) mass is 408 g/mol. The second-order valence-corrected chi connectivity index (χ2v) is 6.58. The van der Waals surface area contributed by atoms with Crippen LogP contribution in [0.25, 0.3) is 11.3 Å². The smallest absolute Gasteiger partial charge is 0.344 e. The highest BCUT2D eigenvalue weighted by Crippen LogP contribution is 2.33. The fourth-order valence-electron chi connectivity index (χ4n) is 3.25. The van der Waals surface area contributed by atoms with E-state index in [0.29, 0.717) is 30.4 Å². The normalized spacial score (nSPS) is 16.0. The number of amides is 1. The lowest BCUT2D eigenvalue weighted by molar-refractivity contribution is -0.141. The number of nitrogens with zero attached hydrogens (tertiary/aromatic N) is 3. The van der Waals surface area contributed by atoms with Gasteiger partial charge in [0, 0.05) is 29.9 Å². The van der Waals surface area contributed by atoms with Gasteiger partial charge in [-0.3, -0.25) is 14.5 Å². The van der Waals surface area contributed by atoms with Crippen molar-refractivity contribution in [3.05, 3.63) is 71.2 Å². The van der Waals surface area contributed by atoms with Crippen molar-refractivity contribution in [3.8, 4) is 11.3 Å². The molecule has 29 heavy (non-hydrogen) atoms. The van der Waals surface area contributed by atoms with Crippen LogP contribution in [0.3, 0.4) is 0 Å². The number of nitrogens with one attached hydrogen (secondary N) is 1. The SMILES string of the molecule is O=C(N[C@H]1CCn2nc(-c3ccnc(C(F)(F)F)c3)cc21)c1cc(F)cc(F)c1. The van der Waals surface area contributed by atoms with Gasteiger partial charge in [-0.05, 0) is 36.8 Å². The van der Waals surface area contributed by atoms with E-state index in [1.165, 1.54) is 6.07 Å². The molecule has 0 aliphatic carbocycles. The minimum Gasteiger partial charge on any atom is -0.344 e. The van der Waals surface area contributed by atoms with E-state index in [2.05, 4.69) is 15.4 Å². The summed E-state index contributed by atoms with van der Waals surface area (Å²) in [7, 11) is 0. The van der Waals surface area contributed by atoms with Crippen molar-refractivity contribution >= 4 is 5.91 Å². The third-order valence-electron chi connectivity index (χ3n) is 4.57. The largest absolute Gasteiger partial charge is 0.433 e. The van der Waals surface area contributed by atoms with E-state index in [1.807, 2.05) is 0 Å². The van der Waals surface area contributed by atoms with E-state index in [0.717, 1.165) is 24.4 Å². The highest BCUT2D eigenvalue weighted by molar-refractivity contribution is 5.94. The second-order valence-electron chi connectivity index (χ2n) is 6.58. The number of hydrogen-bond donors (Lipinski definition) is 1. The van der Waals surface area contributed by atoms with Gasteiger partial charge < -0.3 is 5.32 Å². The molecule has 1 aromatic carbocycles. The van der Waals surface area contributed by atoms with Crippen LogP contribution < -0.4 is 5.32 Å². The lowest BCUT2D eigenvalue weighted by atomic mass is 10.1. The molecule has 3 heterocycles. The zero-order valence-corrected chi connectivity index (χ0v) is 14.7. The molecule has 0 bridgehead atoms. The summed E-state index contributed by atoms with van der Waals surface area (Å²) in [4.78, 5) is 15.7. The summed E-state index contributed by atoms with van der Waals surface area (Å²) in [5.41, 5.74) is -0.0449. The zero-order chi connectivity index (χ0) is 20.8. The third-order valence-corrected chi connectivity index (χ3v) is 4.57. The van der Waals surface area contributed by atoms with Crippen molar-refractivity contribution in [1.82, 2.24) is 20.1 Å². The number of aryl methyl sites for hydroxylation is 1. The fraction of sp³-hybridized carbons (Fsp3) is 0.211. The summed E-state index contributed by atoms with van der Waals surface area (Å²) < 4.78 is 66.9. The third kappa shape index (κ3) is 3.82. The van der Waals surface area contributed by atoms with Gasteiger partial charge >= 0.3 is 6.18 Å². The first-order valence-corrected chi connectivity index (χ1v) is 8.59. The predicted molar refractivity (Wildman–Crippen MR) is 91.6 cm³/mol. The van der Waals surface area contributed by atoms with Crippen molar-refractivity contribution in [2.75, 3.05) is 0 Å². The molecule has 4 rings (SSSR count). The first-order chi connectivity index (χ1) is 13.7. The maximum atomic E-state index is 13.3. The first kappa shape index (κ1) is 19.0. The Morgan fingerprint density at radius 3 is 2.52 bits per heavy atom. The molecule has 5 nitrogen and oxygen atoms in total. The van der Waals surface area contributed by atoms with Gasteiger partial charge in [-0.15, -0.1) is 0 Å². The van der Waals surface area contributed by atoms with E-state index in [-0.39, 0.29) is 11.1 Å². The molecule has 1 aliphatic rings. The molecule has 0 saturated heterocycles. The molecule has 0 radical (unpaired) electrons. The number of pyridine rings is 1. The Labute approximate surface area is 161 Å². The van der Waals surface area contributed by atoms with E-state index in [4.69, 9.17) is 0 Å². The molecule has 0 unspecified atom stereocenters. The molecule has 3 aromatic rings. The van der Waals surface area contributed by atoms with Crippen LogP contribution >= 0.6 is 0 Å². The first-order valence-electron chi connectivity index (χ1n) is 8.59. The lowest BCUT2D eigenvalue weighted by Gasteiger charge is -2.12. The molecule has 0 spiro atoms. The number of hydrogen-bond acceptors (Lipinski definition) is 3. The van der Waals surface area contributed by atoms with Crippen molar-refractivity contribution in [2.24, 2.45) is 0 Å². The summed E-state index contributed by atoms with van der Waals surface area (Å²) in [5.74, 6) is -2.40. The number of aromatic nitrogens is 3. The Morgan fingerprint density at radius 2 is 1.83 bits per heavy atom. The summed E-state index contributed by atoms with van der Waals surface area (Å²) in [6.07, 6.45) is -3.02. The van der Waals surface area contributed by atoms with Gasteiger partial charge in [0.2, 0.25) is 0 Å². The van der Waals surface area contributed by atoms with Crippen molar-refractivity contribution in [2.45, 2.75) is 25.2 Å². The quantitative estimate of drug-likeness (QED) is 0.664. The van der Waals surface area contributed by atoms with Crippen LogP contribution in [0.1, 0.15) is 34.2 Å². The van der Waals surface area contributed by atoms with Crippen LogP contribution in [0.2, 0.25) is 0 Å². The Hall–Kier alpha value is -3.30. The van der Waals surface area contributed by atoms with Crippen LogP contribution in [0.15, 0.2) is 42.6 Å². The van der Waals surface area contributed by atoms with Gasteiger partial charge in [-0.25, -0.2) is 8.78 Å². The number of rotatable bonds is 3. The zero-order valence-electron chi connectivity index (χ0n) is 14.7. The minimum atomic E-state index is -4.57. The number of benzene rings is 1. The van der Waals surface area contributed by atoms with Gasteiger partial charge in [-0.1, -0.05) is 0 Å². The van der Waals surface area contributed by atoms with Crippen LogP contribution in [0, 0.1) is 11.6 Å². The van der Waals surface area contributed by atoms with Gasteiger partial charge in [0.15, 0.2) is 0 Å². The molecule has 2 aromatic heterocycles. The standard InChI is InChI=1S/C19H13F5N4O/c20-12-5-11(6-13(21)8-12)18(29)26-14-2-4-28-16(14)9-15(27-28)10-1-3-25-17(7-10)19(22,23)24/h1,3,5-9,14H,2,4H2,(H,26,29)/t14-/m0/s1. The number of halogens is 5. The maximum Gasteiger partial charge on any atom is 0.433 e. The van der Waals surface area contributed by atoms with Crippen molar-refractivity contribution in [3.63, 3.8) is 0 Å². The Bertz CT molecular complexity index is 1070. The number of carbonyl (C=O) groups is 1. The highest BCUT2D eigenvalue weighted by Gasteiger charge is 2.33. The Morgan fingerprint density at radius 1 is 1.10 bits per heavy atom. The molecule has 1 N–H and O–H groups in total. The number of fused-ring (bicyclic) bond motifs is 1. The van der Waals surface area contributed by atoms with E-state index in [1.54, 1.807) is 10.7 Å². The second kappa shape index (κ2) is 6.94. The molecular weight excluding hydrogens is 395 g/mol. The summed E-state index contributed by atoms with van der Waals surface area (Å²) in [6, 6.07) is 5.92. The van der Waals surface area contributed by atoms with Crippen LogP contribution in [-0.4, -0.2) is 20.7 Å². The minimum absolute atomic E-state index is 0.162.